The Hall–Kier alpha value is -2.09. The van der Waals surface area contributed by atoms with Crippen molar-refractivity contribution in [3.05, 3.63) is 64.7 Å². The molecule has 0 saturated heterocycles. The molecule has 2 heteroatoms. The van der Waals surface area contributed by atoms with Gasteiger partial charge in [-0.25, -0.2) is 0 Å². The van der Waals surface area contributed by atoms with Crippen LogP contribution in [-0.4, -0.2) is 12.9 Å². The SMILES string of the molecule is COc1ccc(CC(=O)c2cccc(C)c2C)cc1. The van der Waals surface area contributed by atoms with Crippen molar-refractivity contribution in [3.8, 4) is 5.75 Å². The van der Waals surface area contributed by atoms with E-state index in [9.17, 15) is 4.79 Å². The van der Waals surface area contributed by atoms with Crippen LogP contribution in [-0.2, 0) is 6.42 Å². The molecule has 0 radical (unpaired) electrons. The first-order chi connectivity index (χ1) is 9.11. The second-order valence-electron chi connectivity index (χ2n) is 4.70. The molecule has 0 bridgehead atoms. The molecular weight excluding hydrogens is 236 g/mol. The minimum absolute atomic E-state index is 0.159. The topological polar surface area (TPSA) is 26.3 Å². The number of ether oxygens (including phenoxy) is 1. The largest absolute Gasteiger partial charge is 0.497 e. The van der Waals surface area contributed by atoms with Crippen LogP contribution in [0.15, 0.2) is 42.5 Å². The molecular formula is C17H18O2. The summed E-state index contributed by atoms with van der Waals surface area (Å²) in [4.78, 5) is 12.3. The van der Waals surface area contributed by atoms with Gasteiger partial charge in [-0.2, -0.15) is 0 Å². The van der Waals surface area contributed by atoms with Crippen molar-refractivity contribution in [1.82, 2.24) is 0 Å². The van der Waals surface area contributed by atoms with Crippen molar-refractivity contribution in [3.63, 3.8) is 0 Å². The number of rotatable bonds is 4. The Balaban J connectivity index is 2.18. The summed E-state index contributed by atoms with van der Waals surface area (Å²) >= 11 is 0. The predicted octanol–water partition coefficient (Wildman–Crippen LogP) is 3.74. The highest BCUT2D eigenvalue weighted by molar-refractivity contribution is 5.99. The van der Waals surface area contributed by atoms with Gasteiger partial charge in [0.1, 0.15) is 5.75 Å². The second kappa shape index (κ2) is 5.70. The standard InChI is InChI=1S/C17H18O2/c1-12-5-4-6-16(13(12)2)17(18)11-14-7-9-15(19-3)10-8-14/h4-10H,11H2,1-3H3. The third kappa shape index (κ3) is 3.02. The van der Waals surface area contributed by atoms with Crippen LogP contribution in [0.1, 0.15) is 27.0 Å². The summed E-state index contributed by atoms with van der Waals surface area (Å²) in [6.07, 6.45) is 0.425. The van der Waals surface area contributed by atoms with Crippen molar-refractivity contribution in [2.75, 3.05) is 7.11 Å². The van der Waals surface area contributed by atoms with Gasteiger partial charge < -0.3 is 4.74 Å². The molecule has 0 aromatic heterocycles. The minimum atomic E-state index is 0.159. The lowest BCUT2D eigenvalue weighted by Gasteiger charge is -2.08. The molecule has 2 aromatic carbocycles. The summed E-state index contributed by atoms with van der Waals surface area (Å²) in [6.45, 7) is 4.02. The Labute approximate surface area is 114 Å². The number of hydrogen-bond acceptors (Lipinski definition) is 2. The highest BCUT2D eigenvalue weighted by Gasteiger charge is 2.10. The van der Waals surface area contributed by atoms with Gasteiger partial charge in [0.05, 0.1) is 7.11 Å². The molecule has 0 spiro atoms. The van der Waals surface area contributed by atoms with Crippen LogP contribution in [0.3, 0.4) is 0 Å². The van der Waals surface area contributed by atoms with Crippen molar-refractivity contribution < 1.29 is 9.53 Å². The second-order valence-corrected chi connectivity index (χ2v) is 4.70. The lowest BCUT2D eigenvalue weighted by molar-refractivity contribution is 0.0992. The molecule has 2 rings (SSSR count). The van der Waals surface area contributed by atoms with Gasteiger partial charge in [-0.3, -0.25) is 4.79 Å². The predicted molar refractivity (Wildman–Crippen MR) is 76.9 cm³/mol. The molecule has 0 amide bonds. The van der Waals surface area contributed by atoms with Gasteiger partial charge in [0, 0.05) is 12.0 Å². The molecule has 2 aromatic rings. The van der Waals surface area contributed by atoms with Crippen molar-refractivity contribution in [1.29, 1.82) is 0 Å². The number of benzene rings is 2. The summed E-state index contributed by atoms with van der Waals surface area (Å²) < 4.78 is 5.11. The summed E-state index contributed by atoms with van der Waals surface area (Å²) in [5.74, 6) is 0.967. The summed E-state index contributed by atoms with van der Waals surface area (Å²) in [5.41, 5.74) is 4.05. The number of hydrogen-bond donors (Lipinski definition) is 0. The summed E-state index contributed by atoms with van der Waals surface area (Å²) in [6, 6.07) is 13.5. The molecule has 0 aliphatic rings. The Morgan fingerprint density at radius 1 is 1.05 bits per heavy atom. The lowest BCUT2D eigenvalue weighted by Crippen LogP contribution is -2.06. The molecule has 0 fully saturated rings. The lowest BCUT2D eigenvalue weighted by atomic mass is 9.96. The van der Waals surface area contributed by atoms with E-state index in [2.05, 4.69) is 0 Å². The highest BCUT2D eigenvalue weighted by Crippen LogP contribution is 2.17. The normalized spacial score (nSPS) is 10.3. The molecule has 0 unspecified atom stereocenters. The Bertz CT molecular complexity index is 583. The first-order valence-corrected chi connectivity index (χ1v) is 6.34. The maximum Gasteiger partial charge on any atom is 0.167 e. The minimum Gasteiger partial charge on any atom is -0.497 e. The van der Waals surface area contributed by atoms with E-state index >= 15 is 0 Å². The number of methoxy groups -OCH3 is 1. The van der Waals surface area contributed by atoms with Crippen molar-refractivity contribution in [2.45, 2.75) is 20.3 Å². The van der Waals surface area contributed by atoms with E-state index in [1.165, 1.54) is 0 Å². The zero-order valence-electron chi connectivity index (χ0n) is 11.6. The van der Waals surface area contributed by atoms with Gasteiger partial charge >= 0.3 is 0 Å². The zero-order valence-corrected chi connectivity index (χ0v) is 11.6. The maximum atomic E-state index is 12.3. The average molecular weight is 254 g/mol. The number of Topliss-reactive ketones (excluding diaryl/α,β-unsaturated/α-hetero) is 1. The van der Waals surface area contributed by atoms with E-state index in [4.69, 9.17) is 4.74 Å². The molecule has 0 N–H and O–H groups in total. The maximum absolute atomic E-state index is 12.3. The fourth-order valence-electron chi connectivity index (χ4n) is 2.08. The van der Waals surface area contributed by atoms with Gasteiger partial charge in [-0.1, -0.05) is 30.3 Å². The number of carbonyl (C=O) groups is 1. The monoisotopic (exact) mass is 254 g/mol. The van der Waals surface area contributed by atoms with E-state index in [0.717, 1.165) is 28.0 Å². The molecule has 0 heterocycles. The van der Waals surface area contributed by atoms with Crippen LogP contribution < -0.4 is 4.74 Å². The smallest absolute Gasteiger partial charge is 0.167 e. The number of aryl methyl sites for hydroxylation is 1. The molecule has 0 aliphatic carbocycles. The highest BCUT2D eigenvalue weighted by atomic mass is 16.5. The molecule has 0 saturated carbocycles. The fraction of sp³-hybridized carbons (Fsp3) is 0.235. The molecule has 0 aliphatic heterocycles. The van der Waals surface area contributed by atoms with Gasteiger partial charge in [0.15, 0.2) is 5.78 Å². The summed E-state index contributed by atoms with van der Waals surface area (Å²) in [7, 11) is 1.64. The average Bonchev–Trinajstić information content (AvgIpc) is 2.42. The van der Waals surface area contributed by atoms with Crippen LogP contribution in [0, 0.1) is 13.8 Å². The van der Waals surface area contributed by atoms with E-state index in [-0.39, 0.29) is 5.78 Å². The van der Waals surface area contributed by atoms with Crippen LogP contribution in [0.4, 0.5) is 0 Å². The molecule has 0 atom stereocenters. The Morgan fingerprint density at radius 2 is 1.74 bits per heavy atom. The molecule has 98 valence electrons. The van der Waals surface area contributed by atoms with Crippen LogP contribution >= 0.6 is 0 Å². The van der Waals surface area contributed by atoms with Crippen LogP contribution in [0.5, 0.6) is 5.75 Å². The first-order valence-electron chi connectivity index (χ1n) is 6.34. The summed E-state index contributed by atoms with van der Waals surface area (Å²) in [5, 5.41) is 0. The number of carbonyl (C=O) groups excluding carboxylic acids is 1. The van der Waals surface area contributed by atoms with Gasteiger partial charge in [0.25, 0.3) is 0 Å². The van der Waals surface area contributed by atoms with Gasteiger partial charge in [-0.05, 0) is 42.7 Å². The van der Waals surface area contributed by atoms with E-state index in [1.807, 2.05) is 56.3 Å². The van der Waals surface area contributed by atoms with E-state index in [0.29, 0.717) is 6.42 Å². The first kappa shape index (κ1) is 13.3. The quantitative estimate of drug-likeness (QED) is 0.777. The van der Waals surface area contributed by atoms with Crippen molar-refractivity contribution >= 4 is 5.78 Å². The fourth-order valence-corrected chi connectivity index (χ4v) is 2.08. The molecule has 19 heavy (non-hydrogen) atoms. The van der Waals surface area contributed by atoms with E-state index in [1.54, 1.807) is 7.11 Å². The third-order valence-corrected chi connectivity index (χ3v) is 3.43. The van der Waals surface area contributed by atoms with Crippen LogP contribution in [0.25, 0.3) is 0 Å². The third-order valence-electron chi connectivity index (χ3n) is 3.43. The van der Waals surface area contributed by atoms with Gasteiger partial charge in [0.2, 0.25) is 0 Å². The van der Waals surface area contributed by atoms with E-state index < -0.39 is 0 Å². The number of ketones is 1. The molecule has 2 nitrogen and oxygen atoms in total. The Morgan fingerprint density at radius 3 is 2.37 bits per heavy atom. The van der Waals surface area contributed by atoms with Crippen LogP contribution in [0.2, 0.25) is 0 Å². The van der Waals surface area contributed by atoms with Gasteiger partial charge in [-0.15, -0.1) is 0 Å². The van der Waals surface area contributed by atoms with Crippen molar-refractivity contribution in [2.24, 2.45) is 0 Å². The Kier molecular flexibility index (Phi) is 4.00. The zero-order chi connectivity index (χ0) is 13.8.